The molecule has 0 saturated carbocycles. The Bertz CT molecular complexity index is 1000. The Balaban J connectivity index is 1.65. The number of methoxy groups -OCH3 is 1. The highest BCUT2D eigenvalue weighted by Gasteiger charge is 2.33. The number of carbonyl (C=O) groups is 1. The number of carbonyl (C=O) groups excluding carboxylic acids is 1. The summed E-state index contributed by atoms with van der Waals surface area (Å²) in [6, 6.07) is 16.0. The molecule has 1 amide bonds. The second-order valence-corrected chi connectivity index (χ2v) is 7.78. The van der Waals surface area contributed by atoms with Gasteiger partial charge in [0.1, 0.15) is 5.82 Å². The topological polar surface area (TPSA) is 72.5 Å². The van der Waals surface area contributed by atoms with Crippen molar-refractivity contribution < 1.29 is 14.3 Å². The van der Waals surface area contributed by atoms with Crippen molar-refractivity contribution in [1.29, 1.82) is 0 Å². The largest absolute Gasteiger partial charge is 0.493 e. The van der Waals surface area contributed by atoms with Gasteiger partial charge in [-0.05, 0) is 11.6 Å². The molecular weight excluding hydrogens is 386 g/mol. The summed E-state index contributed by atoms with van der Waals surface area (Å²) in [4.78, 5) is 17.8. The van der Waals surface area contributed by atoms with E-state index in [2.05, 4.69) is 27.8 Å². The normalized spacial score (nSPS) is 15.4. The van der Waals surface area contributed by atoms with Crippen LogP contribution in [-0.2, 0) is 11.2 Å². The van der Waals surface area contributed by atoms with Crippen molar-refractivity contribution in [3.05, 3.63) is 64.5 Å². The second kappa shape index (κ2) is 8.53. The Morgan fingerprint density at radius 1 is 1.21 bits per heavy atom. The molecule has 1 aromatic heterocycles. The SMILES string of the molecule is CNc1nc2c(s1)C(c1cccc(OC)c1OCCc1ccccc1)CC(=O)N2. The number of aromatic nitrogens is 1. The molecule has 0 spiro atoms. The van der Waals surface area contributed by atoms with Crippen molar-refractivity contribution >= 4 is 28.2 Å². The first-order chi connectivity index (χ1) is 14.2. The summed E-state index contributed by atoms with van der Waals surface area (Å²) < 4.78 is 11.8. The van der Waals surface area contributed by atoms with Crippen LogP contribution < -0.4 is 20.1 Å². The number of fused-ring (bicyclic) bond motifs is 1. The number of hydrogen-bond donors (Lipinski definition) is 2. The van der Waals surface area contributed by atoms with Crippen molar-refractivity contribution in [1.82, 2.24) is 4.98 Å². The molecule has 1 aliphatic rings. The van der Waals surface area contributed by atoms with Crippen LogP contribution in [0.3, 0.4) is 0 Å². The standard InChI is InChI=1S/C22H23N3O3S/c1-23-22-25-21-20(29-22)16(13-18(26)24-21)15-9-6-10-17(27-2)19(15)28-12-11-14-7-4-3-5-8-14/h3-10,16H,11-13H2,1-2H3,(H,23,25)(H,24,26). The Kier molecular flexibility index (Phi) is 5.67. The molecule has 3 aromatic rings. The van der Waals surface area contributed by atoms with Gasteiger partial charge in [-0.25, -0.2) is 4.98 Å². The van der Waals surface area contributed by atoms with Gasteiger partial charge in [0, 0.05) is 31.4 Å². The zero-order valence-electron chi connectivity index (χ0n) is 16.4. The third-order valence-corrected chi connectivity index (χ3v) is 6.10. The van der Waals surface area contributed by atoms with Gasteiger partial charge >= 0.3 is 0 Å². The van der Waals surface area contributed by atoms with Crippen LogP contribution in [0.5, 0.6) is 11.5 Å². The van der Waals surface area contributed by atoms with Crippen LogP contribution in [0.1, 0.15) is 28.3 Å². The molecule has 0 radical (unpaired) electrons. The Labute approximate surface area is 173 Å². The number of hydrogen-bond acceptors (Lipinski definition) is 6. The monoisotopic (exact) mass is 409 g/mol. The van der Waals surface area contributed by atoms with Gasteiger partial charge in [0.05, 0.1) is 18.6 Å². The highest BCUT2D eigenvalue weighted by molar-refractivity contribution is 7.16. The average molecular weight is 410 g/mol. The first-order valence-corrected chi connectivity index (χ1v) is 10.3. The maximum absolute atomic E-state index is 12.3. The zero-order chi connectivity index (χ0) is 20.2. The number of para-hydroxylation sites is 1. The Morgan fingerprint density at radius 2 is 2.03 bits per heavy atom. The number of benzene rings is 2. The minimum absolute atomic E-state index is 0.0477. The minimum Gasteiger partial charge on any atom is -0.493 e. The lowest BCUT2D eigenvalue weighted by Gasteiger charge is -2.24. The molecule has 29 heavy (non-hydrogen) atoms. The number of anilines is 2. The summed E-state index contributed by atoms with van der Waals surface area (Å²) in [5.74, 6) is 1.81. The molecular formula is C22H23N3O3S. The molecule has 2 aromatic carbocycles. The summed E-state index contributed by atoms with van der Waals surface area (Å²) >= 11 is 1.55. The lowest BCUT2D eigenvalue weighted by Crippen LogP contribution is -2.23. The molecule has 6 nitrogen and oxygen atoms in total. The number of ether oxygens (including phenoxy) is 2. The predicted octanol–water partition coefficient (Wildman–Crippen LogP) is 4.29. The number of nitrogens with zero attached hydrogens (tertiary/aromatic N) is 1. The summed E-state index contributed by atoms with van der Waals surface area (Å²) in [7, 11) is 3.46. The van der Waals surface area contributed by atoms with Crippen LogP contribution in [0, 0.1) is 0 Å². The van der Waals surface area contributed by atoms with Crippen LogP contribution in [0.4, 0.5) is 10.9 Å². The van der Waals surface area contributed by atoms with E-state index in [-0.39, 0.29) is 11.8 Å². The molecule has 1 aliphatic heterocycles. The van der Waals surface area contributed by atoms with Crippen LogP contribution in [0.15, 0.2) is 48.5 Å². The van der Waals surface area contributed by atoms with E-state index in [1.54, 1.807) is 18.4 Å². The predicted molar refractivity (Wildman–Crippen MR) is 115 cm³/mol. The molecule has 2 N–H and O–H groups in total. The van der Waals surface area contributed by atoms with E-state index >= 15 is 0 Å². The van der Waals surface area contributed by atoms with Gasteiger partial charge < -0.3 is 20.1 Å². The van der Waals surface area contributed by atoms with E-state index in [1.165, 1.54) is 5.56 Å². The fourth-order valence-corrected chi connectivity index (χ4v) is 4.51. The van der Waals surface area contributed by atoms with Gasteiger partial charge in [0.25, 0.3) is 0 Å². The maximum Gasteiger partial charge on any atom is 0.226 e. The molecule has 0 saturated heterocycles. The van der Waals surface area contributed by atoms with Gasteiger partial charge in [-0.2, -0.15) is 0 Å². The fourth-order valence-electron chi connectivity index (χ4n) is 3.52. The number of rotatable bonds is 7. The van der Waals surface area contributed by atoms with Gasteiger partial charge in [-0.3, -0.25) is 4.79 Å². The van der Waals surface area contributed by atoms with Crippen molar-refractivity contribution in [3.63, 3.8) is 0 Å². The maximum atomic E-state index is 12.3. The van der Waals surface area contributed by atoms with Crippen LogP contribution in [-0.4, -0.2) is 31.7 Å². The Hall–Kier alpha value is -3.06. The quantitative estimate of drug-likeness (QED) is 0.609. The summed E-state index contributed by atoms with van der Waals surface area (Å²) in [5.41, 5.74) is 2.16. The average Bonchev–Trinajstić information content (AvgIpc) is 3.17. The van der Waals surface area contributed by atoms with Crippen LogP contribution >= 0.6 is 11.3 Å². The van der Waals surface area contributed by atoms with Crippen molar-refractivity contribution in [3.8, 4) is 11.5 Å². The highest BCUT2D eigenvalue weighted by Crippen LogP contribution is 2.47. The molecule has 1 atom stereocenters. The summed E-state index contributed by atoms with van der Waals surface area (Å²) in [6.45, 7) is 0.521. The van der Waals surface area contributed by atoms with Crippen molar-refractivity contribution in [2.45, 2.75) is 18.8 Å². The van der Waals surface area contributed by atoms with E-state index in [9.17, 15) is 4.79 Å². The van der Waals surface area contributed by atoms with E-state index in [1.807, 2.05) is 43.4 Å². The lowest BCUT2D eigenvalue weighted by atomic mass is 9.90. The van der Waals surface area contributed by atoms with Gasteiger partial charge in [-0.1, -0.05) is 53.8 Å². The Morgan fingerprint density at radius 3 is 2.79 bits per heavy atom. The third kappa shape index (κ3) is 4.05. The van der Waals surface area contributed by atoms with E-state index in [0.717, 1.165) is 22.0 Å². The molecule has 0 fully saturated rings. The zero-order valence-corrected chi connectivity index (χ0v) is 17.2. The number of nitrogens with one attached hydrogen (secondary N) is 2. The first kappa shape index (κ1) is 19.3. The van der Waals surface area contributed by atoms with E-state index in [0.29, 0.717) is 30.3 Å². The first-order valence-electron chi connectivity index (χ1n) is 9.51. The highest BCUT2D eigenvalue weighted by atomic mass is 32.1. The molecule has 1 unspecified atom stereocenters. The van der Waals surface area contributed by atoms with Crippen molar-refractivity contribution in [2.75, 3.05) is 31.4 Å². The molecule has 7 heteroatoms. The molecule has 4 rings (SSSR count). The number of thiazole rings is 1. The van der Waals surface area contributed by atoms with Gasteiger partial charge in [0.2, 0.25) is 5.91 Å². The van der Waals surface area contributed by atoms with Crippen LogP contribution in [0.25, 0.3) is 0 Å². The van der Waals surface area contributed by atoms with E-state index < -0.39 is 0 Å². The smallest absolute Gasteiger partial charge is 0.226 e. The summed E-state index contributed by atoms with van der Waals surface area (Å²) in [6.07, 6.45) is 1.14. The molecule has 0 aliphatic carbocycles. The molecule has 2 heterocycles. The molecule has 150 valence electrons. The third-order valence-electron chi connectivity index (χ3n) is 4.92. The fraction of sp³-hybridized carbons (Fsp3) is 0.273. The van der Waals surface area contributed by atoms with Gasteiger partial charge in [0.15, 0.2) is 16.6 Å². The molecule has 0 bridgehead atoms. The van der Waals surface area contributed by atoms with Crippen molar-refractivity contribution in [2.24, 2.45) is 0 Å². The van der Waals surface area contributed by atoms with Gasteiger partial charge in [-0.15, -0.1) is 0 Å². The number of amides is 1. The second-order valence-electron chi connectivity index (χ2n) is 6.75. The minimum atomic E-state index is -0.125. The van der Waals surface area contributed by atoms with Crippen LogP contribution in [0.2, 0.25) is 0 Å². The summed E-state index contributed by atoms with van der Waals surface area (Å²) in [5, 5.41) is 6.71. The van der Waals surface area contributed by atoms with E-state index in [4.69, 9.17) is 9.47 Å². The lowest BCUT2D eigenvalue weighted by molar-refractivity contribution is -0.116.